The molecule has 0 saturated carbocycles. The zero-order chi connectivity index (χ0) is 28.1. The first kappa shape index (κ1) is 31.2. The van der Waals surface area contributed by atoms with Crippen molar-refractivity contribution < 1.29 is 29.4 Å². The van der Waals surface area contributed by atoms with Crippen LogP contribution < -0.4 is 33.2 Å². The molecular formula is C24H39N7O6. The van der Waals surface area contributed by atoms with E-state index in [0.717, 1.165) is 0 Å². The number of rotatable bonds is 15. The number of carboxylic acids is 1. The SMILES string of the molecule is CCC(C)C(NC(=O)C(Cc1ccc(O)cc1)NC(=O)C(C)NC(=O)C(N)CCCN=C(N)N)C(=O)O. The molecule has 13 heteroatoms. The van der Waals surface area contributed by atoms with Gasteiger partial charge in [0.05, 0.1) is 6.04 Å². The molecule has 0 bridgehead atoms. The Labute approximate surface area is 216 Å². The number of phenols is 1. The number of aromatic hydroxyl groups is 1. The van der Waals surface area contributed by atoms with E-state index < -0.39 is 47.9 Å². The third-order valence-electron chi connectivity index (χ3n) is 5.84. The Morgan fingerprint density at radius 1 is 0.973 bits per heavy atom. The molecule has 0 radical (unpaired) electrons. The topological polar surface area (TPSA) is 235 Å². The second kappa shape index (κ2) is 15.3. The van der Waals surface area contributed by atoms with E-state index in [1.807, 2.05) is 0 Å². The lowest BCUT2D eigenvalue weighted by atomic mass is 9.98. The number of hydrogen-bond acceptors (Lipinski definition) is 7. The lowest BCUT2D eigenvalue weighted by Crippen LogP contribution is -2.57. The van der Waals surface area contributed by atoms with Gasteiger partial charge in [-0.15, -0.1) is 0 Å². The maximum Gasteiger partial charge on any atom is 0.326 e. The average molecular weight is 522 g/mol. The maximum atomic E-state index is 13.1. The molecule has 0 aliphatic heterocycles. The van der Waals surface area contributed by atoms with Crippen LogP contribution in [0, 0.1) is 5.92 Å². The average Bonchev–Trinajstić information content (AvgIpc) is 2.84. The van der Waals surface area contributed by atoms with Crippen LogP contribution in [0.2, 0.25) is 0 Å². The van der Waals surface area contributed by atoms with Crippen molar-refractivity contribution in [2.75, 3.05) is 6.54 Å². The number of nitrogens with one attached hydrogen (secondary N) is 3. The van der Waals surface area contributed by atoms with Gasteiger partial charge in [0.1, 0.15) is 23.9 Å². The van der Waals surface area contributed by atoms with Gasteiger partial charge in [-0.25, -0.2) is 4.79 Å². The molecule has 0 spiro atoms. The number of carbonyl (C=O) groups is 4. The summed E-state index contributed by atoms with van der Waals surface area (Å²) in [6.45, 7) is 5.25. The van der Waals surface area contributed by atoms with E-state index in [4.69, 9.17) is 17.2 Å². The molecule has 0 aliphatic rings. The van der Waals surface area contributed by atoms with Gasteiger partial charge in [0.2, 0.25) is 17.7 Å². The fraction of sp³-hybridized carbons (Fsp3) is 0.542. The summed E-state index contributed by atoms with van der Waals surface area (Å²) in [6.07, 6.45) is 1.29. The lowest BCUT2D eigenvalue weighted by molar-refractivity contribution is -0.143. The molecule has 5 atom stereocenters. The Morgan fingerprint density at radius 2 is 1.59 bits per heavy atom. The summed E-state index contributed by atoms with van der Waals surface area (Å²) < 4.78 is 0. The standard InChI is InChI=1S/C24H39N7O6/c1-4-13(2)19(23(36)37)31-22(35)18(12-15-7-9-16(32)10-8-15)30-20(33)14(3)29-21(34)17(25)6-5-11-28-24(26)27/h7-10,13-14,17-19,32H,4-6,11-12,25H2,1-3H3,(H,29,34)(H,30,33)(H,31,35)(H,36,37)(H4,26,27,28). The van der Waals surface area contributed by atoms with Gasteiger partial charge in [-0.05, 0) is 43.4 Å². The molecule has 0 saturated heterocycles. The maximum absolute atomic E-state index is 13.1. The minimum Gasteiger partial charge on any atom is -0.508 e. The summed E-state index contributed by atoms with van der Waals surface area (Å²) in [5.74, 6) is -3.48. The minimum atomic E-state index is -1.19. The van der Waals surface area contributed by atoms with Crippen LogP contribution in [0.5, 0.6) is 5.75 Å². The third-order valence-corrected chi connectivity index (χ3v) is 5.84. The molecule has 0 aliphatic carbocycles. The van der Waals surface area contributed by atoms with E-state index in [9.17, 15) is 29.4 Å². The molecule has 3 amide bonds. The summed E-state index contributed by atoms with van der Waals surface area (Å²) in [5, 5.41) is 26.7. The Balaban J connectivity index is 2.90. The summed E-state index contributed by atoms with van der Waals surface area (Å²) in [7, 11) is 0. The van der Waals surface area contributed by atoms with Crippen LogP contribution in [0.25, 0.3) is 0 Å². The van der Waals surface area contributed by atoms with Crippen molar-refractivity contribution in [3.63, 3.8) is 0 Å². The fourth-order valence-corrected chi connectivity index (χ4v) is 3.35. The molecule has 37 heavy (non-hydrogen) atoms. The third kappa shape index (κ3) is 11.2. The van der Waals surface area contributed by atoms with Gasteiger partial charge in [0.25, 0.3) is 0 Å². The first-order chi connectivity index (χ1) is 17.3. The molecule has 1 aromatic rings. The number of aliphatic carboxylic acids is 1. The minimum absolute atomic E-state index is 0.0235. The Kier molecular flexibility index (Phi) is 12.9. The second-order valence-corrected chi connectivity index (χ2v) is 8.93. The number of phenolic OH excluding ortho intramolecular Hbond substituents is 1. The smallest absolute Gasteiger partial charge is 0.326 e. The van der Waals surface area contributed by atoms with Crippen LogP contribution in [0.15, 0.2) is 29.3 Å². The Morgan fingerprint density at radius 3 is 2.14 bits per heavy atom. The number of aliphatic imine (C=N–C) groups is 1. The number of hydrogen-bond donors (Lipinski definition) is 8. The molecule has 11 N–H and O–H groups in total. The number of carbonyl (C=O) groups excluding carboxylic acids is 3. The molecule has 0 heterocycles. The van der Waals surface area contributed by atoms with Crippen molar-refractivity contribution in [1.82, 2.24) is 16.0 Å². The van der Waals surface area contributed by atoms with Crippen molar-refractivity contribution in [1.29, 1.82) is 0 Å². The van der Waals surface area contributed by atoms with E-state index in [2.05, 4.69) is 20.9 Å². The van der Waals surface area contributed by atoms with Crippen LogP contribution in [0.1, 0.15) is 45.6 Å². The van der Waals surface area contributed by atoms with E-state index in [0.29, 0.717) is 24.9 Å². The quantitative estimate of drug-likeness (QED) is 0.0794. The molecule has 0 fully saturated rings. The lowest BCUT2D eigenvalue weighted by Gasteiger charge is -2.26. The van der Waals surface area contributed by atoms with Crippen LogP contribution in [-0.2, 0) is 25.6 Å². The molecule has 5 unspecified atom stereocenters. The van der Waals surface area contributed by atoms with Crippen LogP contribution in [-0.4, -0.2) is 70.6 Å². The van der Waals surface area contributed by atoms with E-state index in [1.54, 1.807) is 26.0 Å². The zero-order valence-electron chi connectivity index (χ0n) is 21.4. The molecular weight excluding hydrogens is 482 g/mol. The Bertz CT molecular complexity index is 949. The summed E-state index contributed by atoms with van der Waals surface area (Å²) in [4.78, 5) is 53.8. The molecule has 1 rings (SSSR count). The van der Waals surface area contributed by atoms with Gasteiger partial charge in [-0.1, -0.05) is 32.4 Å². The van der Waals surface area contributed by atoms with Crippen molar-refractivity contribution in [2.24, 2.45) is 28.1 Å². The van der Waals surface area contributed by atoms with E-state index in [-0.39, 0.29) is 30.5 Å². The summed E-state index contributed by atoms with van der Waals surface area (Å²) >= 11 is 0. The van der Waals surface area contributed by atoms with Gasteiger partial charge in [0, 0.05) is 13.0 Å². The fourth-order valence-electron chi connectivity index (χ4n) is 3.35. The van der Waals surface area contributed by atoms with Crippen LogP contribution in [0.3, 0.4) is 0 Å². The van der Waals surface area contributed by atoms with Gasteiger partial charge in [0.15, 0.2) is 5.96 Å². The predicted octanol–water partition coefficient (Wildman–Crippen LogP) is -1.08. The highest BCUT2D eigenvalue weighted by Crippen LogP contribution is 2.13. The monoisotopic (exact) mass is 521 g/mol. The number of nitrogens with two attached hydrogens (primary N) is 3. The number of amides is 3. The highest BCUT2D eigenvalue weighted by Gasteiger charge is 2.31. The van der Waals surface area contributed by atoms with E-state index >= 15 is 0 Å². The number of benzene rings is 1. The number of nitrogens with zero attached hydrogens (tertiary/aromatic N) is 1. The zero-order valence-corrected chi connectivity index (χ0v) is 21.4. The highest BCUT2D eigenvalue weighted by molar-refractivity contribution is 5.94. The van der Waals surface area contributed by atoms with Gasteiger partial charge in [-0.2, -0.15) is 0 Å². The number of carboxylic acid groups (broad SMARTS) is 1. The van der Waals surface area contributed by atoms with Crippen LogP contribution >= 0.6 is 0 Å². The van der Waals surface area contributed by atoms with Gasteiger partial charge < -0.3 is 43.4 Å². The second-order valence-electron chi connectivity index (χ2n) is 8.93. The normalized spacial score (nSPS) is 14.8. The van der Waals surface area contributed by atoms with Crippen molar-refractivity contribution in [2.45, 2.75) is 70.6 Å². The number of guanidine groups is 1. The van der Waals surface area contributed by atoms with Gasteiger partial charge in [-0.3, -0.25) is 19.4 Å². The molecule has 206 valence electrons. The molecule has 0 aromatic heterocycles. The largest absolute Gasteiger partial charge is 0.508 e. The highest BCUT2D eigenvalue weighted by atomic mass is 16.4. The predicted molar refractivity (Wildman–Crippen MR) is 138 cm³/mol. The first-order valence-corrected chi connectivity index (χ1v) is 12.1. The van der Waals surface area contributed by atoms with E-state index in [1.165, 1.54) is 19.1 Å². The van der Waals surface area contributed by atoms with Crippen molar-refractivity contribution in [3.05, 3.63) is 29.8 Å². The summed E-state index contributed by atoms with van der Waals surface area (Å²) in [6, 6.07) is 1.81. The van der Waals surface area contributed by atoms with Crippen molar-refractivity contribution in [3.8, 4) is 5.75 Å². The Hall–Kier alpha value is -3.87. The van der Waals surface area contributed by atoms with Gasteiger partial charge >= 0.3 is 5.97 Å². The molecule has 13 nitrogen and oxygen atoms in total. The van der Waals surface area contributed by atoms with Crippen molar-refractivity contribution >= 4 is 29.7 Å². The molecule has 1 aromatic carbocycles. The summed E-state index contributed by atoms with van der Waals surface area (Å²) in [5.41, 5.74) is 17.0. The van der Waals surface area contributed by atoms with Crippen LogP contribution in [0.4, 0.5) is 0 Å². The first-order valence-electron chi connectivity index (χ1n) is 12.1.